The van der Waals surface area contributed by atoms with Crippen LogP contribution in [0.3, 0.4) is 0 Å². The van der Waals surface area contributed by atoms with Crippen molar-refractivity contribution >= 4 is 11.6 Å². The van der Waals surface area contributed by atoms with Gasteiger partial charge in [0.25, 0.3) is 0 Å². The molecule has 2 aliphatic rings. The monoisotopic (exact) mass is 354 g/mol. The zero-order valence-corrected chi connectivity index (χ0v) is 15.3. The summed E-state index contributed by atoms with van der Waals surface area (Å²) >= 11 is 0. The number of carbonyl (C=O) groups excluding carboxylic acids is 1. The van der Waals surface area contributed by atoms with Gasteiger partial charge in [-0.3, -0.25) is 4.79 Å². The lowest BCUT2D eigenvalue weighted by atomic mass is 9.70. The Labute approximate surface area is 152 Å². The van der Waals surface area contributed by atoms with Gasteiger partial charge in [-0.1, -0.05) is 20.8 Å². The number of hydrazone groups is 1. The summed E-state index contributed by atoms with van der Waals surface area (Å²) < 4.78 is 18.6. The van der Waals surface area contributed by atoms with E-state index in [0.717, 1.165) is 24.1 Å². The number of halogens is 1. The Hall–Kier alpha value is -2.43. The van der Waals surface area contributed by atoms with E-state index in [1.807, 2.05) is 0 Å². The number of furan rings is 1. The Morgan fingerprint density at radius 3 is 2.54 bits per heavy atom. The molecule has 0 saturated heterocycles. The van der Waals surface area contributed by atoms with E-state index in [-0.39, 0.29) is 28.3 Å². The fourth-order valence-electron chi connectivity index (χ4n) is 4.50. The van der Waals surface area contributed by atoms with Gasteiger partial charge in [0.2, 0.25) is 0 Å². The van der Waals surface area contributed by atoms with E-state index in [1.54, 1.807) is 24.3 Å². The van der Waals surface area contributed by atoms with E-state index in [4.69, 9.17) is 4.42 Å². The van der Waals surface area contributed by atoms with Gasteiger partial charge in [-0.2, -0.15) is 5.10 Å². The molecule has 2 aliphatic carbocycles. The van der Waals surface area contributed by atoms with Crippen molar-refractivity contribution in [2.24, 2.45) is 21.8 Å². The minimum absolute atomic E-state index is 0.0490. The highest BCUT2D eigenvalue weighted by Crippen LogP contribution is 2.63. The van der Waals surface area contributed by atoms with Crippen LogP contribution in [-0.4, -0.2) is 11.6 Å². The quantitative estimate of drug-likeness (QED) is 0.787. The van der Waals surface area contributed by atoms with Crippen LogP contribution in [0.4, 0.5) is 4.39 Å². The maximum Gasteiger partial charge on any atom is 0.307 e. The van der Waals surface area contributed by atoms with Crippen molar-refractivity contribution in [1.82, 2.24) is 5.43 Å². The predicted molar refractivity (Wildman–Crippen MR) is 98.2 cm³/mol. The molecule has 2 bridgehead atoms. The van der Waals surface area contributed by atoms with Crippen molar-refractivity contribution in [3.8, 4) is 11.3 Å². The molecule has 4 nitrogen and oxygen atoms in total. The van der Waals surface area contributed by atoms with Crippen molar-refractivity contribution in [3.63, 3.8) is 0 Å². The molecule has 0 unspecified atom stereocenters. The lowest BCUT2D eigenvalue weighted by molar-refractivity contribution is 0.0927. The third-order valence-electron chi connectivity index (χ3n) is 6.76. The molecule has 136 valence electrons. The normalized spacial score (nSPS) is 27.8. The van der Waals surface area contributed by atoms with Crippen molar-refractivity contribution < 1.29 is 13.6 Å². The van der Waals surface area contributed by atoms with E-state index in [1.165, 1.54) is 18.6 Å². The van der Waals surface area contributed by atoms with Gasteiger partial charge >= 0.3 is 5.91 Å². The molecule has 1 aromatic carbocycles. The second-order valence-corrected chi connectivity index (χ2v) is 8.16. The van der Waals surface area contributed by atoms with E-state index in [2.05, 4.69) is 31.3 Å². The van der Waals surface area contributed by atoms with Crippen LogP contribution >= 0.6 is 0 Å². The molecule has 4 rings (SSSR count). The Morgan fingerprint density at radius 2 is 1.92 bits per heavy atom. The van der Waals surface area contributed by atoms with Crippen molar-refractivity contribution in [2.45, 2.75) is 40.0 Å². The average molecular weight is 354 g/mol. The topological polar surface area (TPSA) is 54.6 Å². The Kier molecular flexibility index (Phi) is 3.79. The second-order valence-electron chi connectivity index (χ2n) is 8.16. The molecule has 5 heteroatoms. The third-order valence-corrected chi connectivity index (χ3v) is 6.76. The number of benzene rings is 1. The van der Waals surface area contributed by atoms with Gasteiger partial charge in [0, 0.05) is 16.7 Å². The smallest absolute Gasteiger partial charge is 0.307 e. The summed E-state index contributed by atoms with van der Waals surface area (Å²) in [6, 6.07) is 9.28. The molecule has 0 aliphatic heterocycles. The zero-order valence-electron chi connectivity index (χ0n) is 15.3. The fourth-order valence-corrected chi connectivity index (χ4v) is 4.50. The van der Waals surface area contributed by atoms with Crippen molar-refractivity contribution in [2.75, 3.05) is 0 Å². The molecule has 1 N–H and O–H groups in total. The largest absolute Gasteiger partial charge is 0.451 e. The van der Waals surface area contributed by atoms with Crippen LogP contribution in [0.15, 0.2) is 45.9 Å². The molecule has 0 radical (unpaired) electrons. The minimum Gasteiger partial charge on any atom is -0.451 e. The summed E-state index contributed by atoms with van der Waals surface area (Å²) in [5.74, 6) is 0.681. The molecule has 26 heavy (non-hydrogen) atoms. The average Bonchev–Trinajstić information content (AvgIpc) is 3.23. The number of nitrogens with zero attached hydrogens (tertiary/aromatic N) is 1. The van der Waals surface area contributed by atoms with Crippen LogP contribution in [0.25, 0.3) is 11.3 Å². The van der Waals surface area contributed by atoms with E-state index < -0.39 is 0 Å². The van der Waals surface area contributed by atoms with E-state index in [0.29, 0.717) is 11.7 Å². The van der Waals surface area contributed by atoms with Gasteiger partial charge in [-0.25, -0.2) is 9.82 Å². The first kappa shape index (κ1) is 17.0. The van der Waals surface area contributed by atoms with Gasteiger partial charge in [0.1, 0.15) is 11.6 Å². The highest BCUT2D eigenvalue weighted by Gasteiger charge is 2.60. The van der Waals surface area contributed by atoms with Gasteiger partial charge < -0.3 is 4.42 Å². The second kappa shape index (κ2) is 5.79. The summed E-state index contributed by atoms with van der Waals surface area (Å²) in [6.07, 6.45) is 3.30. The van der Waals surface area contributed by atoms with Gasteiger partial charge in [-0.05, 0) is 67.0 Å². The van der Waals surface area contributed by atoms with E-state index >= 15 is 0 Å². The fraction of sp³-hybridized carbons (Fsp3) is 0.429. The highest BCUT2D eigenvalue weighted by molar-refractivity contribution is 5.97. The predicted octanol–water partition coefficient (Wildman–Crippen LogP) is 5.02. The number of fused-ring (bicyclic) bond motifs is 2. The summed E-state index contributed by atoms with van der Waals surface area (Å²) in [5.41, 5.74) is 4.73. The molecule has 2 saturated carbocycles. The number of rotatable bonds is 3. The molecule has 2 aromatic rings. The van der Waals surface area contributed by atoms with Crippen molar-refractivity contribution in [1.29, 1.82) is 0 Å². The highest BCUT2D eigenvalue weighted by atomic mass is 19.1. The molecule has 1 aromatic heterocycles. The van der Waals surface area contributed by atoms with Crippen LogP contribution in [0.2, 0.25) is 0 Å². The maximum atomic E-state index is 13.0. The van der Waals surface area contributed by atoms with Crippen LogP contribution in [-0.2, 0) is 0 Å². The lowest BCUT2D eigenvalue weighted by Crippen LogP contribution is -2.34. The van der Waals surface area contributed by atoms with Crippen molar-refractivity contribution in [3.05, 3.63) is 48.0 Å². The molecule has 2 fully saturated rings. The van der Waals surface area contributed by atoms with Crippen LogP contribution in [0.1, 0.15) is 50.6 Å². The molecule has 1 heterocycles. The zero-order chi connectivity index (χ0) is 18.5. The SMILES string of the molecule is CC1(C)[C@@H]2CC[C@]1(C)/C(=N/NC(=O)c1ccc(-c3ccc(F)cc3)o1)C2. The van der Waals surface area contributed by atoms with Gasteiger partial charge in [0.05, 0.1) is 0 Å². The first-order chi connectivity index (χ1) is 12.3. The van der Waals surface area contributed by atoms with Gasteiger partial charge in [0.15, 0.2) is 5.76 Å². The molecular weight excluding hydrogens is 331 g/mol. The molecule has 1 amide bonds. The van der Waals surface area contributed by atoms with E-state index in [9.17, 15) is 9.18 Å². The van der Waals surface area contributed by atoms with Crippen LogP contribution in [0.5, 0.6) is 0 Å². The lowest BCUT2D eigenvalue weighted by Gasteiger charge is -2.34. The number of hydrogen-bond donors (Lipinski definition) is 1. The molecule has 0 spiro atoms. The Morgan fingerprint density at radius 1 is 1.19 bits per heavy atom. The number of hydrogen-bond acceptors (Lipinski definition) is 3. The maximum absolute atomic E-state index is 13.0. The summed E-state index contributed by atoms with van der Waals surface area (Å²) in [5, 5.41) is 4.45. The minimum atomic E-state index is -0.366. The summed E-state index contributed by atoms with van der Waals surface area (Å²) in [6.45, 7) is 6.86. The summed E-state index contributed by atoms with van der Waals surface area (Å²) in [7, 11) is 0. The third kappa shape index (κ3) is 2.49. The molecular formula is C21H23FN2O2. The number of nitrogens with one attached hydrogen (secondary N) is 1. The Bertz CT molecular complexity index is 882. The van der Waals surface area contributed by atoms with Crippen LogP contribution < -0.4 is 5.43 Å². The Balaban J connectivity index is 1.49. The van der Waals surface area contributed by atoms with Crippen LogP contribution in [0, 0.1) is 22.6 Å². The molecule has 2 atom stereocenters. The first-order valence-corrected chi connectivity index (χ1v) is 9.04. The standard InChI is InChI=1S/C21H23FN2O2/c1-20(2)14-10-11-21(20,3)18(12-14)23-24-19(25)17-9-8-16(26-17)13-4-6-15(22)7-5-13/h4-9,14H,10-12H2,1-3H3,(H,24,25)/b23-18+/t14-,21-/m1/s1. The number of amides is 1. The number of carbonyl (C=O) groups is 1. The first-order valence-electron chi connectivity index (χ1n) is 9.04. The van der Waals surface area contributed by atoms with Gasteiger partial charge in [-0.15, -0.1) is 0 Å². The summed E-state index contributed by atoms with van der Waals surface area (Å²) in [4.78, 5) is 12.4.